The smallest absolute Gasteiger partial charge is 0.449 e. The summed E-state index contributed by atoms with van der Waals surface area (Å²) in [6.45, 7) is 0.287. The van der Waals surface area contributed by atoms with Gasteiger partial charge in [-0.05, 0) is 29.8 Å². The van der Waals surface area contributed by atoms with E-state index in [1.807, 2.05) is 18.2 Å². The maximum absolute atomic E-state index is 13.3. The Morgan fingerprint density at radius 3 is 2.50 bits per heavy atom. The number of amides is 1. The quantitative estimate of drug-likeness (QED) is 0.578. The van der Waals surface area contributed by atoms with Crippen molar-refractivity contribution in [3.8, 4) is 17.2 Å². The molecule has 1 aromatic heterocycles. The number of carbonyl (C=O) groups excluding carboxylic acids is 1. The number of alkyl halides is 3. The van der Waals surface area contributed by atoms with Gasteiger partial charge in [0.15, 0.2) is 11.5 Å². The lowest BCUT2D eigenvalue weighted by atomic mass is 9.70. The number of furan rings is 1. The van der Waals surface area contributed by atoms with Gasteiger partial charge in [0, 0.05) is 23.7 Å². The van der Waals surface area contributed by atoms with Crippen LogP contribution in [0.3, 0.4) is 0 Å². The predicted molar refractivity (Wildman–Crippen MR) is 105 cm³/mol. The Morgan fingerprint density at radius 2 is 1.72 bits per heavy atom. The van der Waals surface area contributed by atoms with Crippen molar-refractivity contribution in [3.63, 3.8) is 0 Å². The first-order chi connectivity index (χ1) is 15.3. The third-order valence-corrected chi connectivity index (χ3v) is 6.18. The van der Waals surface area contributed by atoms with Gasteiger partial charge < -0.3 is 23.5 Å². The Balaban J connectivity index is 1.42. The molecule has 0 saturated heterocycles. The fourth-order valence-electron chi connectivity index (χ4n) is 4.71. The number of carbonyl (C=O) groups is 1. The normalized spacial score (nSPS) is 21.0. The number of rotatable bonds is 2. The number of benzene rings is 2. The van der Waals surface area contributed by atoms with E-state index < -0.39 is 17.4 Å². The molecule has 1 amide bonds. The Hall–Kier alpha value is -3.62. The van der Waals surface area contributed by atoms with Gasteiger partial charge in [-0.3, -0.25) is 4.79 Å². The fraction of sp³-hybridized carbons (Fsp3) is 0.261. The first kappa shape index (κ1) is 19.1. The summed E-state index contributed by atoms with van der Waals surface area (Å²) in [4.78, 5) is 14.8. The molecule has 1 atom stereocenters. The minimum atomic E-state index is -4.58. The van der Waals surface area contributed by atoms with Crippen LogP contribution in [0.25, 0.3) is 0 Å². The number of anilines is 1. The molecular formula is C23H16F3NO5. The molecule has 2 aromatic carbocycles. The minimum absolute atomic E-state index is 0.0582. The van der Waals surface area contributed by atoms with Crippen LogP contribution in [0.4, 0.5) is 18.9 Å². The summed E-state index contributed by atoms with van der Waals surface area (Å²) in [6, 6.07) is 13.1. The van der Waals surface area contributed by atoms with Gasteiger partial charge in [-0.2, -0.15) is 13.2 Å². The summed E-state index contributed by atoms with van der Waals surface area (Å²) in [6.07, 6.45) is -4.48. The number of halogens is 3. The highest BCUT2D eigenvalue weighted by Crippen LogP contribution is 2.54. The molecule has 1 spiro atoms. The largest absolute Gasteiger partial charge is 0.492 e. The average molecular weight is 443 g/mol. The molecule has 1 unspecified atom stereocenters. The monoisotopic (exact) mass is 443 g/mol. The van der Waals surface area contributed by atoms with E-state index in [4.69, 9.17) is 18.6 Å². The SMILES string of the molecule is O=C1CC2(COc3cc4c(cc32)OCO4)c2ccccc2N1Cc1ccc(C(F)(F)F)o1. The standard InChI is InChI=1S/C23H16F3NO5/c24-23(25,26)20-6-5-13(32-20)10-27-16-4-2-1-3-14(16)22(9-21(27)28)11-29-17-8-19-18(7-15(17)22)30-12-31-19/h1-8H,9-12H2. The summed E-state index contributed by atoms with van der Waals surface area (Å²) >= 11 is 0. The summed E-state index contributed by atoms with van der Waals surface area (Å²) in [5.41, 5.74) is 1.59. The molecule has 3 aromatic rings. The Labute approximate surface area is 180 Å². The number of fused-ring (bicyclic) bond motifs is 5. The molecule has 32 heavy (non-hydrogen) atoms. The maximum Gasteiger partial charge on any atom is 0.449 e. The molecule has 9 heteroatoms. The van der Waals surface area contributed by atoms with Crippen LogP contribution in [-0.2, 0) is 22.9 Å². The zero-order valence-electron chi connectivity index (χ0n) is 16.6. The van der Waals surface area contributed by atoms with Crippen LogP contribution in [0, 0.1) is 0 Å². The van der Waals surface area contributed by atoms with E-state index in [9.17, 15) is 18.0 Å². The van der Waals surface area contributed by atoms with Crippen LogP contribution in [-0.4, -0.2) is 19.3 Å². The fourth-order valence-corrected chi connectivity index (χ4v) is 4.71. The first-order valence-corrected chi connectivity index (χ1v) is 9.98. The number of ether oxygens (including phenoxy) is 3. The molecule has 0 bridgehead atoms. The molecule has 3 aliphatic rings. The van der Waals surface area contributed by atoms with Gasteiger partial charge >= 0.3 is 6.18 Å². The van der Waals surface area contributed by atoms with Crippen LogP contribution >= 0.6 is 0 Å². The Kier molecular flexibility index (Phi) is 3.84. The van der Waals surface area contributed by atoms with Crippen molar-refractivity contribution in [3.05, 3.63) is 71.2 Å². The second-order valence-corrected chi connectivity index (χ2v) is 8.01. The maximum atomic E-state index is 13.3. The predicted octanol–water partition coefficient (Wildman–Crippen LogP) is 4.64. The van der Waals surface area contributed by atoms with E-state index in [0.717, 1.165) is 17.2 Å². The van der Waals surface area contributed by atoms with Gasteiger partial charge in [-0.1, -0.05) is 18.2 Å². The van der Waals surface area contributed by atoms with Crippen molar-refractivity contribution >= 4 is 11.6 Å². The van der Waals surface area contributed by atoms with Gasteiger partial charge in [0.25, 0.3) is 0 Å². The molecule has 164 valence electrons. The molecule has 0 saturated carbocycles. The number of para-hydroxylation sites is 1. The van der Waals surface area contributed by atoms with Crippen LogP contribution < -0.4 is 19.1 Å². The summed E-state index contributed by atoms with van der Waals surface area (Å²) in [5.74, 6) is 0.556. The van der Waals surface area contributed by atoms with Gasteiger partial charge in [0.2, 0.25) is 18.5 Å². The van der Waals surface area contributed by atoms with Crippen molar-refractivity contribution in [1.82, 2.24) is 0 Å². The van der Waals surface area contributed by atoms with E-state index in [0.29, 0.717) is 22.9 Å². The molecule has 6 rings (SSSR count). The highest BCUT2D eigenvalue weighted by Gasteiger charge is 2.50. The van der Waals surface area contributed by atoms with Crippen molar-refractivity contribution in [2.24, 2.45) is 0 Å². The molecule has 6 nitrogen and oxygen atoms in total. The van der Waals surface area contributed by atoms with E-state index in [2.05, 4.69) is 0 Å². The summed E-state index contributed by atoms with van der Waals surface area (Å²) in [5, 5.41) is 0. The van der Waals surface area contributed by atoms with Gasteiger partial charge in [0.1, 0.15) is 18.1 Å². The Bertz CT molecular complexity index is 1250. The van der Waals surface area contributed by atoms with Gasteiger partial charge in [-0.25, -0.2) is 0 Å². The summed E-state index contributed by atoms with van der Waals surface area (Å²) < 4.78 is 60.7. The van der Waals surface area contributed by atoms with Crippen LogP contribution in [0.5, 0.6) is 17.2 Å². The lowest BCUT2D eigenvalue weighted by molar-refractivity contribution is -0.153. The highest BCUT2D eigenvalue weighted by molar-refractivity contribution is 5.99. The van der Waals surface area contributed by atoms with E-state index in [-0.39, 0.29) is 38.0 Å². The molecule has 3 aliphatic heterocycles. The molecule has 0 aliphatic carbocycles. The lowest BCUT2D eigenvalue weighted by Gasteiger charge is -2.39. The second kappa shape index (κ2) is 6.44. The molecule has 0 fully saturated rings. The third-order valence-electron chi connectivity index (χ3n) is 6.18. The second-order valence-electron chi connectivity index (χ2n) is 8.01. The van der Waals surface area contributed by atoms with Crippen molar-refractivity contribution in [1.29, 1.82) is 0 Å². The van der Waals surface area contributed by atoms with Crippen LogP contribution in [0.15, 0.2) is 52.9 Å². The number of hydrogen-bond donors (Lipinski definition) is 0. The zero-order valence-corrected chi connectivity index (χ0v) is 16.6. The van der Waals surface area contributed by atoms with Gasteiger partial charge in [0.05, 0.1) is 12.0 Å². The third kappa shape index (κ3) is 2.70. The molecule has 0 radical (unpaired) electrons. The topological polar surface area (TPSA) is 61.1 Å². The van der Waals surface area contributed by atoms with E-state index >= 15 is 0 Å². The van der Waals surface area contributed by atoms with Crippen molar-refractivity contribution in [2.75, 3.05) is 18.3 Å². The molecule has 0 N–H and O–H groups in total. The highest BCUT2D eigenvalue weighted by atomic mass is 19.4. The van der Waals surface area contributed by atoms with Crippen molar-refractivity contribution in [2.45, 2.75) is 24.6 Å². The number of hydrogen-bond acceptors (Lipinski definition) is 5. The zero-order chi connectivity index (χ0) is 22.1. The molecular weight excluding hydrogens is 427 g/mol. The average Bonchev–Trinajstić information content (AvgIpc) is 3.49. The lowest BCUT2D eigenvalue weighted by Crippen LogP contribution is -2.45. The minimum Gasteiger partial charge on any atom is -0.492 e. The number of nitrogens with zero attached hydrogens (tertiary/aromatic N) is 1. The van der Waals surface area contributed by atoms with Crippen LogP contribution in [0.1, 0.15) is 29.1 Å². The van der Waals surface area contributed by atoms with E-state index in [1.165, 1.54) is 11.0 Å². The molecule has 4 heterocycles. The van der Waals surface area contributed by atoms with Gasteiger partial charge in [-0.15, -0.1) is 0 Å². The van der Waals surface area contributed by atoms with E-state index in [1.54, 1.807) is 18.2 Å². The Morgan fingerprint density at radius 1 is 0.938 bits per heavy atom. The van der Waals surface area contributed by atoms with Crippen molar-refractivity contribution < 1.29 is 36.6 Å². The first-order valence-electron chi connectivity index (χ1n) is 9.98. The van der Waals surface area contributed by atoms with Crippen LogP contribution in [0.2, 0.25) is 0 Å². The summed E-state index contributed by atoms with van der Waals surface area (Å²) in [7, 11) is 0.